The minimum atomic E-state index is -1.26. The van der Waals surface area contributed by atoms with E-state index < -0.39 is 54.4 Å². The summed E-state index contributed by atoms with van der Waals surface area (Å²) in [5.41, 5.74) is 2.59. The molecule has 0 spiro atoms. The Morgan fingerprint density at radius 2 is 1.51 bits per heavy atom. The molecule has 0 fully saturated rings. The number of pyridine rings is 1. The highest BCUT2D eigenvalue weighted by molar-refractivity contribution is 7.19. The van der Waals surface area contributed by atoms with E-state index >= 15 is 0 Å². The monoisotopic (exact) mass is 1140 g/mol. The minimum Gasteiger partial charge on any atom is -0.386 e. The third-order valence-corrected chi connectivity index (χ3v) is 17.4. The van der Waals surface area contributed by atoms with E-state index in [0.29, 0.717) is 78.7 Å². The molecule has 0 aliphatic carbocycles. The van der Waals surface area contributed by atoms with Gasteiger partial charge in [0.25, 0.3) is 17.7 Å². The van der Waals surface area contributed by atoms with E-state index in [0.717, 1.165) is 11.3 Å². The van der Waals surface area contributed by atoms with Crippen molar-refractivity contribution in [3.05, 3.63) is 112 Å². The number of rotatable bonds is 9. The number of ether oxygens (including phenoxy) is 1. The highest BCUT2D eigenvalue weighted by atomic mass is 32.1. The molecule has 0 saturated heterocycles. The standard InChI is InChI=1S/C49H47N13O8S6/c1-21(2)35-49-62-38(31(76-49)17-70-6)42(68)51-16-34(65)59-39(40(66)24-10-8-7-9-11-24)48-57-29(19-72-48)45-52-15-30(75-45)37-25(12-13-26(54-37)46-58-32(20-73-46)53-23(4)63)44-56-28(18-71-44)41(67)55-27(14-33(64)50-5)47-61-36(22(3)74-47)43(69)60-35/h7-13,15,18-21,27,35,39-40,66H,14,16-17H2,1-6H3,(H,50,64)(H,51,68)(H,53,63)(H,55,67)(H,59,65)(H,60,69)/t27-,35-,39-,40-/m0/s1. The lowest BCUT2D eigenvalue weighted by atomic mass is 10.0. The third-order valence-electron chi connectivity index (χ3n) is 11.5. The molecule has 0 unspecified atom stereocenters. The van der Waals surface area contributed by atoms with Crippen molar-refractivity contribution in [1.29, 1.82) is 0 Å². The molecule has 4 atom stereocenters. The Labute approximate surface area is 458 Å². The highest BCUT2D eigenvalue weighted by Crippen LogP contribution is 2.41. The normalized spacial score (nSPS) is 16.8. The van der Waals surface area contributed by atoms with Gasteiger partial charge >= 0.3 is 0 Å². The molecule has 0 radical (unpaired) electrons. The number of thiazole rings is 6. The van der Waals surface area contributed by atoms with Crippen LogP contribution in [0.15, 0.2) is 64.8 Å². The molecule has 0 saturated carbocycles. The molecule has 6 amide bonds. The molecule has 8 aromatic rings. The van der Waals surface area contributed by atoms with Gasteiger partial charge in [0, 0.05) is 53.9 Å². The Morgan fingerprint density at radius 3 is 2.26 bits per heavy atom. The van der Waals surface area contributed by atoms with E-state index in [1.54, 1.807) is 65.7 Å². The van der Waals surface area contributed by atoms with E-state index in [1.807, 2.05) is 19.9 Å². The summed E-state index contributed by atoms with van der Waals surface area (Å²) in [7, 11) is 2.95. The molecule has 7 aromatic heterocycles. The minimum absolute atomic E-state index is 0.00670. The molecule has 392 valence electrons. The van der Waals surface area contributed by atoms with Gasteiger partial charge in [0.15, 0.2) is 0 Å². The number of nitrogens with zero attached hydrogens (tertiary/aromatic N) is 7. The fourth-order valence-corrected chi connectivity index (χ4v) is 13.4. The summed E-state index contributed by atoms with van der Waals surface area (Å²) in [5.74, 6) is -2.96. The van der Waals surface area contributed by atoms with Crippen LogP contribution in [0.1, 0.15) is 113 Å². The number of aliphatic hydroxyl groups is 1. The van der Waals surface area contributed by atoms with Crippen molar-refractivity contribution in [3.63, 3.8) is 0 Å². The van der Waals surface area contributed by atoms with Gasteiger partial charge in [-0.25, -0.2) is 34.9 Å². The summed E-state index contributed by atoms with van der Waals surface area (Å²) in [5, 5.41) is 36.2. The van der Waals surface area contributed by atoms with Gasteiger partial charge in [-0.3, -0.25) is 28.8 Å². The van der Waals surface area contributed by atoms with Crippen LogP contribution in [-0.4, -0.2) is 96.1 Å². The molecule has 76 heavy (non-hydrogen) atoms. The maximum Gasteiger partial charge on any atom is 0.271 e. The predicted octanol–water partition coefficient (Wildman–Crippen LogP) is 7.27. The second kappa shape index (κ2) is 23.4. The number of fused-ring (bicyclic) bond motifs is 14. The predicted molar refractivity (Wildman–Crippen MR) is 291 cm³/mol. The summed E-state index contributed by atoms with van der Waals surface area (Å²) >= 11 is 7.29. The number of methoxy groups -OCH3 is 1. The number of hydrogen-bond acceptors (Lipinski definition) is 21. The van der Waals surface area contributed by atoms with Crippen LogP contribution in [-0.2, 0) is 25.7 Å². The maximum atomic E-state index is 14.2. The molecule has 1 aliphatic heterocycles. The second-order valence-corrected chi connectivity index (χ2v) is 23.3. The molecule has 9 rings (SSSR count). The molecular formula is C49H47N13O8S6. The van der Waals surface area contributed by atoms with E-state index in [-0.39, 0.29) is 47.8 Å². The third kappa shape index (κ3) is 11.9. The van der Waals surface area contributed by atoms with Gasteiger partial charge in [-0.15, -0.1) is 68.0 Å². The first-order chi connectivity index (χ1) is 36.6. The quantitative estimate of drug-likeness (QED) is 0.0748. The molecule has 7 N–H and O–H groups in total. The Hall–Kier alpha value is -7.11. The Balaban J connectivity index is 1.13. The lowest BCUT2D eigenvalue weighted by Crippen LogP contribution is -2.40. The van der Waals surface area contributed by atoms with Crippen molar-refractivity contribution in [2.45, 2.75) is 65.0 Å². The average molecular weight is 1140 g/mol. The number of nitrogens with one attached hydrogen (secondary N) is 6. The largest absolute Gasteiger partial charge is 0.386 e. The van der Waals surface area contributed by atoms with Crippen LogP contribution < -0.4 is 31.9 Å². The van der Waals surface area contributed by atoms with Crippen molar-refractivity contribution in [3.8, 4) is 42.5 Å². The Kier molecular flexibility index (Phi) is 16.5. The zero-order chi connectivity index (χ0) is 53.8. The van der Waals surface area contributed by atoms with Crippen LogP contribution in [0.2, 0.25) is 0 Å². The van der Waals surface area contributed by atoms with Gasteiger partial charge in [0.1, 0.15) is 70.8 Å². The van der Waals surface area contributed by atoms with Crippen molar-refractivity contribution in [2.24, 2.45) is 5.92 Å². The second-order valence-electron chi connectivity index (χ2n) is 17.3. The van der Waals surface area contributed by atoms with Crippen LogP contribution >= 0.6 is 68.0 Å². The summed E-state index contributed by atoms with van der Waals surface area (Å²) in [6, 6.07) is 9.64. The fraction of sp³-hybridized carbons (Fsp3) is 0.286. The molecular weight excluding hydrogens is 1090 g/mol. The van der Waals surface area contributed by atoms with Crippen LogP contribution in [0.3, 0.4) is 0 Å². The van der Waals surface area contributed by atoms with Crippen LogP contribution in [0.25, 0.3) is 42.5 Å². The van der Waals surface area contributed by atoms with Crippen molar-refractivity contribution < 1.29 is 38.6 Å². The number of carbonyl (C=O) groups is 6. The smallest absolute Gasteiger partial charge is 0.271 e. The van der Waals surface area contributed by atoms with E-state index in [1.165, 1.54) is 77.8 Å². The SMILES string of the molecule is CNC(=O)C[C@@H]1NC(=O)c2csc(n2)-c2ccc(-c3nc(NC(C)=O)cs3)nc2-c2cnc(s2)-c2csc(n2)[C@H]([C@@H](O)c2ccccc2)NC(=O)CNC(=O)c2nc(sc2COC)[C@H](C(C)C)NC(=O)c2nc1sc2C. The number of hydrogen-bond donors (Lipinski definition) is 7. The highest BCUT2D eigenvalue weighted by Gasteiger charge is 2.33. The van der Waals surface area contributed by atoms with Crippen molar-refractivity contribution >= 4 is 109 Å². The molecule has 10 bridgehead atoms. The summed E-state index contributed by atoms with van der Waals surface area (Å²) in [6.07, 6.45) is 0.182. The topological polar surface area (TPSA) is 294 Å². The molecule has 21 nitrogen and oxygen atoms in total. The van der Waals surface area contributed by atoms with Gasteiger partial charge in [-0.05, 0) is 30.5 Å². The van der Waals surface area contributed by atoms with Crippen LogP contribution in [0.4, 0.5) is 5.82 Å². The zero-order valence-electron chi connectivity index (χ0n) is 41.2. The van der Waals surface area contributed by atoms with Gasteiger partial charge in [0.05, 0.1) is 52.8 Å². The summed E-state index contributed by atoms with van der Waals surface area (Å²) < 4.78 is 5.44. The Morgan fingerprint density at radius 1 is 0.750 bits per heavy atom. The molecule has 1 aliphatic rings. The lowest BCUT2D eigenvalue weighted by molar-refractivity contribution is -0.122. The number of aliphatic hydroxyl groups excluding tert-OH is 1. The van der Waals surface area contributed by atoms with Gasteiger partial charge in [-0.1, -0.05) is 44.2 Å². The first-order valence-corrected chi connectivity index (χ1v) is 28.4. The number of aromatic nitrogens is 7. The van der Waals surface area contributed by atoms with Gasteiger partial charge < -0.3 is 41.7 Å². The summed E-state index contributed by atoms with van der Waals surface area (Å²) in [6.45, 7) is 6.39. The molecule has 1 aromatic carbocycles. The molecule has 8 heterocycles. The summed E-state index contributed by atoms with van der Waals surface area (Å²) in [4.78, 5) is 116. The van der Waals surface area contributed by atoms with Crippen LogP contribution in [0.5, 0.6) is 0 Å². The van der Waals surface area contributed by atoms with Crippen molar-refractivity contribution in [1.82, 2.24) is 61.5 Å². The Bertz CT molecular complexity index is 3470. The molecule has 27 heteroatoms. The van der Waals surface area contributed by atoms with Crippen molar-refractivity contribution in [2.75, 3.05) is 26.0 Å². The van der Waals surface area contributed by atoms with Crippen LogP contribution in [0, 0.1) is 12.8 Å². The number of carbonyl (C=O) groups excluding carboxylic acids is 6. The lowest BCUT2D eigenvalue weighted by Gasteiger charge is -2.23. The number of anilines is 1. The van der Waals surface area contributed by atoms with E-state index in [9.17, 15) is 33.9 Å². The zero-order valence-corrected chi connectivity index (χ0v) is 46.1. The average Bonchev–Trinajstić information content (AvgIpc) is 4.28. The maximum absolute atomic E-state index is 14.2. The number of benzene rings is 1. The first-order valence-electron chi connectivity index (χ1n) is 23.3. The van der Waals surface area contributed by atoms with Gasteiger partial charge in [0.2, 0.25) is 17.7 Å². The van der Waals surface area contributed by atoms with E-state index in [2.05, 4.69) is 46.9 Å². The van der Waals surface area contributed by atoms with Gasteiger partial charge in [-0.2, -0.15) is 0 Å². The first kappa shape index (κ1) is 53.7. The number of amides is 6. The fourth-order valence-electron chi connectivity index (χ4n) is 7.82. The number of aryl methyl sites for hydroxylation is 1. The van der Waals surface area contributed by atoms with E-state index in [4.69, 9.17) is 24.7 Å².